The lowest BCUT2D eigenvalue weighted by Gasteiger charge is -2.07. The topological polar surface area (TPSA) is 100 Å². The third-order valence-corrected chi connectivity index (χ3v) is 3.98. The first-order valence-corrected chi connectivity index (χ1v) is 7.65. The van der Waals surface area contributed by atoms with Crippen LogP contribution in [0.2, 0.25) is 5.02 Å². The van der Waals surface area contributed by atoms with E-state index in [1.165, 1.54) is 18.2 Å². The molecule has 24 heavy (non-hydrogen) atoms. The standard InChI is InChI=1S/C13H10ClF2N3O4S/c14-7-1-2-8(23-12(15)16)6(3-7)5-17-19-13-18-11(22)9(24-13)4-10(20)21/h1-3,5,9,12H,4H2,(H,20,21)(H,18,19,22). The molecule has 1 aliphatic rings. The Morgan fingerprint density at radius 1 is 1.54 bits per heavy atom. The summed E-state index contributed by atoms with van der Waals surface area (Å²) in [6.07, 6.45) is 0.785. The van der Waals surface area contributed by atoms with Crippen LogP contribution < -0.4 is 10.1 Å². The van der Waals surface area contributed by atoms with Gasteiger partial charge in [0.1, 0.15) is 11.0 Å². The highest BCUT2D eigenvalue weighted by Gasteiger charge is 2.32. The highest BCUT2D eigenvalue weighted by atomic mass is 35.5. The van der Waals surface area contributed by atoms with Gasteiger partial charge in [-0.05, 0) is 18.2 Å². The Labute approximate surface area is 143 Å². The fraction of sp³-hybridized carbons (Fsp3) is 0.231. The van der Waals surface area contributed by atoms with E-state index < -0.39 is 23.7 Å². The molecule has 1 heterocycles. The summed E-state index contributed by atoms with van der Waals surface area (Å²) >= 11 is 6.71. The largest absolute Gasteiger partial charge is 0.481 e. The first-order valence-electron chi connectivity index (χ1n) is 6.40. The predicted octanol–water partition coefficient (Wildman–Crippen LogP) is 2.34. The number of carbonyl (C=O) groups excluding carboxylic acids is 1. The molecule has 1 aromatic rings. The van der Waals surface area contributed by atoms with Crippen LogP contribution in [0, 0.1) is 0 Å². The van der Waals surface area contributed by atoms with Gasteiger partial charge in [-0.25, -0.2) is 0 Å². The van der Waals surface area contributed by atoms with Gasteiger partial charge in [0.25, 0.3) is 0 Å². The van der Waals surface area contributed by atoms with Crippen LogP contribution in [0.3, 0.4) is 0 Å². The molecular weight excluding hydrogens is 368 g/mol. The van der Waals surface area contributed by atoms with Gasteiger partial charge in [-0.2, -0.15) is 13.9 Å². The predicted molar refractivity (Wildman–Crippen MR) is 84.9 cm³/mol. The number of rotatable bonds is 6. The number of carbonyl (C=O) groups is 2. The molecule has 0 spiro atoms. The zero-order valence-corrected chi connectivity index (χ0v) is 13.4. The van der Waals surface area contributed by atoms with E-state index in [2.05, 4.69) is 20.3 Å². The Morgan fingerprint density at radius 2 is 2.29 bits per heavy atom. The van der Waals surface area contributed by atoms with Crippen molar-refractivity contribution < 1.29 is 28.2 Å². The van der Waals surface area contributed by atoms with E-state index >= 15 is 0 Å². The molecule has 1 saturated heterocycles. The minimum absolute atomic E-state index is 0.112. The van der Waals surface area contributed by atoms with Gasteiger partial charge in [0, 0.05) is 10.6 Å². The molecule has 1 amide bonds. The van der Waals surface area contributed by atoms with Gasteiger partial charge in [-0.15, -0.1) is 5.10 Å². The highest BCUT2D eigenvalue weighted by Crippen LogP contribution is 2.24. The van der Waals surface area contributed by atoms with E-state index in [9.17, 15) is 18.4 Å². The first kappa shape index (κ1) is 18.1. The average molecular weight is 378 g/mol. The van der Waals surface area contributed by atoms with Crippen LogP contribution in [0.15, 0.2) is 28.4 Å². The second-order valence-electron chi connectivity index (χ2n) is 4.40. The lowest BCUT2D eigenvalue weighted by atomic mass is 10.2. The zero-order chi connectivity index (χ0) is 17.7. The molecule has 11 heteroatoms. The molecule has 1 fully saturated rings. The Bertz CT molecular complexity index is 714. The number of nitrogens with zero attached hydrogens (tertiary/aromatic N) is 2. The number of ether oxygens (including phenoxy) is 1. The number of benzene rings is 1. The van der Waals surface area contributed by atoms with Crippen LogP contribution in [0.25, 0.3) is 0 Å². The van der Waals surface area contributed by atoms with Crippen molar-refractivity contribution in [3.63, 3.8) is 0 Å². The number of halogens is 3. The van der Waals surface area contributed by atoms with Crippen LogP contribution in [0.1, 0.15) is 12.0 Å². The lowest BCUT2D eigenvalue weighted by molar-refractivity contribution is -0.138. The number of thioether (sulfide) groups is 1. The van der Waals surface area contributed by atoms with Crippen molar-refractivity contribution in [2.24, 2.45) is 10.2 Å². The van der Waals surface area contributed by atoms with Crippen molar-refractivity contribution in [3.8, 4) is 5.75 Å². The van der Waals surface area contributed by atoms with E-state index in [0.29, 0.717) is 0 Å². The number of hydrogen-bond donors (Lipinski definition) is 2. The number of alkyl halides is 2. The van der Waals surface area contributed by atoms with Crippen molar-refractivity contribution >= 4 is 46.6 Å². The summed E-state index contributed by atoms with van der Waals surface area (Å²) in [7, 11) is 0. The van der Waals surface area contributed by atoms with Gasteiger partial charge >= 0.3 is 12.6 Å². The van der Waals surface area contributed by atoms with Crippen molar-refractivity contribution in [3.05, 3.63) is 28.8 Å². The number of carboxylic acid groups (broad SMARTS) is 1. The highest BCUT2D eigenvalue weighted by molar-refractivity contribution is 8.15. The van der Waals surface area contributed by atoms with E-state index in [4.69, 9.17) is 16.7 Å². The summed E-state index contributed by atoms with van der Waals surface area (Å²) < 4.78 is 29.0. The third-order valence-electron chi connectivity index (χ3n) is 2.67. The molecule has 0 aliphatic carbocycles. The molecule has 1 aliphatic heterocycles. The van der Waals surface area contributed by atoms with Crippen LogP contribution in [-0.2, 0) is 9.59 Å². The fourth-order valence-electron chi connectivity index (χ4n) is 1.71. The van der Waals surface area contributed by atoms with Crippen molar-refractivity contribution in [1.82, 2.24) is 5.32 Å². The SMILES string of the molecule is O=C(O)CC1SC(=NN=Cc2cc(Cl)ccc2OC(F)F)NC1=O. The van der Waals surface area contributed by atoms with Gasteiger partial charge in [-0.3, -0.25) is 9.59 Å². The summed E-state index contributed by atoms with van der Waals surface area (Å²) in [6, 6.07) is 4.00. The normalized spacial score (nSPS) is 19.2. The first-order chi connectivity index (χ1) is 11.3. The molecule has 0 radical (unpaired) electrons. The Hall–Kier alpha value is -2.20. The quantitative estimate of drug-likeness (QED) is 0.585. The maximum atomic E-state index is 12.3. The van der Waals surface area contributed by atoms with Crippen molar-refractivity contribution in [2.75, 3.05) is 0 Å². The smallest absolute Gasteiger partial charge is 0.387 e. The van der Waals surface area contributed by atoms with E-state index in [-0.39, 0.29) is 27.9 Å². The number of nitrogens with one attached hydrogen (secondary N) is 1. The fourth-order valence-corrected chi connectivity index (χ4v) is 2.81. The number of carboxylic acids is 1. The molecule has 1 unspecified atom stereocenters. The van der Waals surface area contributed by atoms with Crippen LogP contribution in [0.4, 0.5) is 8.78 Å². The van der Waals surface area contributed by atoms with Gasteiger partial charge in [0.05, 0.1) is 12.6 Å². The maximum absolute atomic E-state index is 12.3. The maximum Gasteiger partial charge on any atom is 0.387 e. The third kappa shape index (κ3) is 5.17. The molecule has 7 nitrogen and oxygen atoms in total. The summed E-state index contributed by atoms with van der Waals surface area (Å²) in [5.41, 5.74) is 0.170. The van der Waals surface area contributed by atoms with E-state index in [0.717, 1.165) is 18.0 Å². The molecule has 2 rings (SSSR count). The zero-order valence-electron chi connectivity index (χ0n) is 11.8. The second-order valence-corrected chi connectivity index (χ2v) is 6.03. The minimum Gasteiger partial charge on any atom is -0.481 e. The van der Waals surface area contributed by atoms with Crippen LogP contribution in [0.5, 0.6) is 5.75 Å². The summed E-state index contributed by atoms with van der Waals surface area (Å²) in [5, 5.41) is 18.1. The van der Waals surface area contributed by atoms with E-state index in [1.807, 2.05) is 0 Å². The molecule has 128 valence electrons. The van der Waals surface area contributed by atoms with Gasteiger partial charge in [0.2, 0.25) is 5.91 Å². The number of hydrogen-bond acceptors (Lipinski definition) is 6. The van der Waals surface area contributed by atoms with Crippen LogP contribution in [-0.4, -0.2) is 40.2 Å². The van der Waals surface area contributed by atoms with Crippen molar-refractivity contribution in [1.29, 1.82) is 0 Å². The van der Waals surface area contributed by atoms with Gasteiger partial charge in [-0.1, -0.05) is 23.4 Å². The van der Waals surface area contributed by atoms with Crippen molar-refractivity contribution in [2.45, 2.75) is 18.3 Å². The van der Waals surface area contributed by atoms with Crippen LogP contribution >= 0.6 is 23.4 Å². The number of amidine groups is 1. The Morgan fingerprint density at radius 3 is 2.96 bits per heavy atom. The summed E-state index contributed by atoms with van der Waals surface area (Å²) in [5.74, 6) is -1.73. The Kier molecular flexibility index (Phi) is 6.10. The molecule has 0 bridgehead atoms. The molecule has 0 aromatic heterocycles. The lowest BCUT2D eigenvalue weighted by Crippen LogP contribution is -2.26. The minimum atomic E-state index is -3.01. The van der Waals surface area contributed by atoms with E-state index in [1.54, 1.807) is 0 Å². The average Bonchev–Trinajstić information content (AvgIpc) is 2.81. The summed E-state index contributed by atoms with van der Waals surface area (Å²) in [6.45, 7) is -3.01. The molecule has 1 aromatic carbocycles. The summed E-state index contributed by atoms with van der Waals surface area (Å²) in [4.78, 5) is 22.1. The van der Waals surface area contributed by atoms with Gasteiger partial charge < -0.3 is 15.2 Å². The number of amides is 1. The van der Waals surface area contributed by atoms with Gasteiger partial charge in [0.15, 0.2) is 5.17 Å². The number of aliphatic carboxylic acids is 1. The molecule has 1 atom stereocenters. The molecule has 0 saturated carbocycles. The molecule has 2 N–H and O–H groups in total. The molecular formula is C13H10ClF2N3O4S. The monoisotopic (exact) mass is 377 g/mol. The second kappa shape index (κ2) is 8.06. The Balaban J connectivity index is 2.10.